The van der Waals surface area contributed by atoms with Crippen LogP contribution in [0.15, 0.2) is 30.3 Å². The summed E-state index contributed by atoms with van der Waals surface area (Å²) in [6, 6.07) is 9.13. The van der Waals surface area contributed by atoms with Gasteiger partial charge in [0.2, 0.25) is 0 Å². The standard InChI is InChI=1S/C19H30N2O4/c1-14(22)10-11-20-13-17(23)16(12-15-8-6-5-7-9-15)21-18(24)25-19(2,3)4/h5-9,16-17,20,23H,10-13H2,1-4H3,(H,21,24)/t16-,17+/m0/s1. The summed E-state index contributed by atoms with van der Waals surface area (Å²) in [6.07, 6.45) is -0.471. The number of hydrogen-bond acceptors (Lipinski definition) is 5. The molecule has 0 bridgehead atoms. The number of carbonyl (C=O) groups is 2. The number of hydrogen-bond donors (Lipinski definition) is 3. The van der Waals surface area contributed by atoms with E-state index in [2.05, 4.69) is 10.6 Å². The van der Waals surface area contributed by atoms with Gasteiger partial charge in [-0.25, -0.2) is 4.79 Å². The number of amides is 1. The molecule has 1 rings (SSSR count). The molecular formula is C19H30N2O4. The lowest BCUT2D eigenvalue weighted by molar-refractivity contribution is -0.116. The molecule has 25 heavy (non-hydrogen) atoms. The first-order chi connectivity index (χ1) is 11.7. The van der Waals surface area contributed by atoms with Crippen molar-refractivity contribution < 1.29 is 19.4 Å². The Balaban J connectivity index is 2.66. The number of carbonyl (C=O) groups excluding carboxylic acids is 2. The van der Waals surface area contributed by atoms with E-state index in [-0.39, 0.29) is 12.3 Å². The third-order valence-electron chi connectivity index (χ3n) is 3.47. The van der Waals surface area contributed by atoms with Crippen molar-refractivity contribution in [3.05, 3.63) is 35.9 Å². The van der Waals surface area contributed by atoms with Gasteiger partial charge in [-0.05, 0) is 39.7 Å². The number of rotatable bonds is 9. The van der Waals surface area contributed by atoms with Crippen LogP contribution in [0.5, 0.6) is 0 Å². The summed E-state index contributed by atoms with van der Waals surface area (Å²) in [5, 5.41) is 16.3. The molecule has 1 aromatic carbocycles. The molecule has 1 amide bonds. The molecule has 0 saturated heterocycles. The van der Waals surface area contributed by atoms with E-state index in [1.54, 1.807) is 20.8 Å². The van der Waals surface area contributed by atoms with E-state index < -0.39 is 23.8 Å². The third-order valence-corrected chi connectivity index (χ3v) is 3.47. The van der Waals surface area contributed by atoms with Gasteiger partial charge in [-0.15, -0.1) is 0 Å². The second-order valence-corrected chi connectivity index (χ2v) is 7.17. The van der Waals surface area contributed by atoms with Gasteiger partial charge in [-0.2, -0.15) is 0 Å². The highest BCUT2D eigenvalue weighted by atomic mass is 16.6. The van der Waals surface area contributed by atoms with Crippen LogP contribution in [0, 0.1) is 0 Å². The van der Waals surface area contributed by atoms with Crippen LogP contribution in [0.1, 0.15) is 39.7 Å². The Labute approximate surface area is 150 Å². The molecule has 3 N–H and O–H groups in total. The lowest BCUT2D eigenvalue weighted by atomic mass is 10.0. The topological polar surface area (TPSA) is 87.7 Å². The van der Waals surface area contributed by atoms with Crippen LogP contribution in [-0.4, -0.2) is 47.8 Å². The van der Waals surface area contributed by atoms with Crippen molar-refractivity contribution in [2.75, 3.05) is 13.1 Å². The molecule has 0 saturated carbocycles. The Morgan fingerprint density at radius 3 is 2.40 bits per heavy atom. The first-order valence-corrected chi connectivity index (χ1v) is 8.59. The Kier molecular flexibility index (Phi) is 8.58. The minimum atomic E-state index is -0.806. The monoisotopic (exact) mass is 350 g/mol. The van der Waals surface area contributed by atoms with Crippen molar-refractivity contribution in [2.45, 2.75) is 58.3 Å². The summed E-state index contributed by atoms with van der Waals surface area (Å²) in [5.74, 6) is 0.0923. The van der Waals surface area contributed by atoms with Gasteiger partial charge in [0.15, 0.2) is 0 Å². The maximum Gasteiger partial charge on any atom is 0.407 e. The van der Waals surface area contributed by atoms with Crippen molar-refractivity contribution in [2.24, 2.45) is 0 Å². The lowest BCUT2D eigenvalue weighted by Gasteiger charge is -2.27. The fourth-order valence-corrected chi connectivity index (χ4v) is 2.27. The van der Waals surface area contributed by atoms with E-state index in [9.17, 15) is 14.7 Å². The maximum atomic E-state index is 12.1. The largest absolute Gasteiger partial charge is 0.444 e. The fraction of sp³-hybridized carbons (Fsp3) is 0.579. The molecule has 0 fully saturated rings. The van der Waals surface area contributed by atoms with Gasteiger partial charge >= 0.3 is 6.09 Å². The number of ketones is 1. The molecule has 0 spiro atoms. The quantitative estimate of drug-likeness (QED) is 0.593. The predicted molar refractivity (Wildman–Crippen MR) is 97.5 cm³/mol. The zero-order valence-electron chi connectivity index (χ0n) is 15.5. The first-order valence-electron chi connectivity index (χ1n) is 8.59. The summed E-state index contributed by atoms with van der Waals surface area (Å²) >= 11 is 0. The van der Waals surface area contributed by atoms with Crippen LogP contribution in [0.2, 0.25) is 0 Å². The minimum Gasteiger partial charge on any atom is -0.444 e. The Morgan fingerprint density at radius 2 is 1.84 bits per heavy atom. The molecule has 0 heterocycles. The van der Waals surface area contributed by atoms with Gasteiger partial charge in [0, 0.05) is 19.5 Å². The van der Waals surface area contributed by atoms with E-state index in [0.717, 1.165) is 5.56 Å². The molecular weight excluding hydrogens is 320 g/mol. The van der Waals surface area contributed by atoms with Crippen LogP contribution in [0.4, 0.5) is 4.79 Å². The molecule has 0 aliphatic carbocycles. The zero-order valence-corrected chi connectivity index (χ0v) is 15.5. The number of ether oxygens (including phenoxy) is 1. The number of nitrogens with one attached hydrogen (secondary N) is 2. The van der Waals surface area contributed by atoms with E-state index in [1.807, 2.05) is 30.3 Å². The van der Waals surface area contributed by atoms with Crippen molar-refractivity contribution in [3.63, 3.8) is 0 Å². The van der Waals surface area contributed by atoms with Crippen LogP contribution in [-0.2, 0) is 16.0 Å². The highest BCUT2D eigenvalue weighted by Gasteiger charge is 2.24. The first kappa shape index (κ1) is 21.1. The van der Waals surface area contributed by atoms with Crippen LogP contribution in [0.25, 0.3) is 0 Å². The maximum absolute atomic E-state index is 12.1. The van der Waals surface area contributed by atoms with Gasteiger partial charge in [0.25, 0.3) is 0 Å². The van der Waals surface area contributed by atoms with Crippen molar-refractivity contribution in [3.8, 4) is 0 Å². The van der Waals surface area contributed by atoms with Gasteiger partial charge < -0.3 is 20.5 Å². The Hall–Kier alpha value is -1.92. The molecule has 1 aromatic rings. The van der Waals surface area contributed by atoms with Crippen molar-refractivity contribution >= 4 is 11.9 Å². The lowest BCUT2D eigenvalue weighted by Crippen LogP contribution is -2.50. The highest BCUT2D eigenvalue weighted by molar-refractivity contribution is 5.75. The van der Waals surface area contributed by atoms with E-state index in [1.165, 1.54) is 6.92 Å². The number of aliphatic hydroxyl groups excluding tert-OH is 1. The smallest absolute Gasteiger partial charge is 0.407 e. The Morgan fingerprint density at radius 1 is 1.20 bits per heavy atom. The SMILES string of the molecule is CC(=O)CCNC[C@@H](O)[C@H](Cc1ccccc1)NC(=O)OC(C)(C)C. The molecule has 0 aliphatic rings. The molecule has 0 aromatic heterocycles. The highest BCUT2D eigenvalue weighted by Crippen LogP contribution is 2.10. The molecule has 6 heteroatoms. The number of benzene rings is 1. The van der Waals surface area contributed by atoms with Crippen molar-refractivity contribution in [1.29, 1.82) is 0 Å². The van der Waals surface area contributed by atoms with Crippen LogP contribution in [0.3, 0.4) is 0 Å². The molecule has 2 atom stereocenters. The fourth-order valence-electron chi connectivity index (χ4n) is 2.27. The molecule has 6 nitrogen and oxygen atoms in total. The van der Waals surface area contributed by atoms with Gasteiger partial charge in [-0.1, -0.05) is 30.3 Å². The van der Waals surface area contributed by atoms with E-state index in [4.69, 9.17) is 4.74 Å². The summed E-state index contributed by atoms with van der Waals surface area (Å²) in [5.41, 5.74) is 0.401. The molecule has 0 radical (unpaired) electrons. The van der Waals surface area contributed by atoms with Crippen LogP contribution < -0.4 is 10.6 Å². The number of aliphatic hydroxyl groups is 1. The third kappa shape index (κ3) is 9.84. The zero-order chi connectivity index (χ0) is 18.9. The number of alkyl carbamates (subject to hydrolysis) is 1. The van der Waals surface area contributed by atoms with E-state index in [0.29, 0.717) is 19.4 Å². The molecule has 140 valence electrons. The normalized spacial score (nSPS) is 13.8. The molecule has 0 unspecified atom stereocenters. The van der Waals surface area contributed by atoms with Gasteiger partial charge in [0.1, 0.15) is 11.4 Å². The minimum absolute atomic E-state index is 0.0923. The molecule has 0 aliphatic heterocycles. The summed E-state index contributed by atoms with van der Waals surface area (Å²) in [7, 11) is 0. The Bertz CT molecular complexity index is 540. The number of Topliss-reactive ketones (excluding diaryl/α,β-unsaturated/α-hetero) is 1. The van der Waals surface area contributed by atoms with Crippen molar-refractivity contribution in [1.82, 2.24) is 10.6 Å². The predicted octanol–water partition coefficient (Wildman–Crippen LogP) is 2.05. The summed E-state index contributed by atoms with van der Waals surface area (Å²) < 4.78 is 5.29. The van der Waals surface area contributed by atoms with Crippen LogP contribution >= 0.6 is 0 Å². The van der Waals surface area contributed by atoms with E-state index >= 15 is 0 Å². The second-order valence-electron chi connectivity index (χ2n) is 7.17. The second kappa shape index (κ2) is 10.2. The average molecular weight is 350 g/mol. The van der Waals surface area contributed by atoms with Gasteiger partial charge in [-0.3, -0.25) is 4.79 Å². The average Bonchev–Trinajstić information content (AvgIpc) is 2.49. The summed E-state index contributed by atoms with van der Waals surface area (Å²) in [4.78, 5) is 23.0. The summed E-state index contributed by atoms with van der Waals surface area (Å²) in [6.45, 7) is 7.67. The van der Waals surface area contributed by atoms with Gasteiger partial charge in [0.05, 0.1) is 12.1 Å².